The number of aromatic nitrogens is 2. The number of hydrogen-bond donors (Lipinski definition) is 2. The number of nitrogens with one attached hydrogen (secondary N) is 2. The highest BCUT2D eigenvalue weighted by Gasteiger charge is 2.31. The minimum absolute atomic E-state index is 0.291. The number of rotatable bonds is 5. The molecule has 1 amide bonds. The fourth-order valence-corrected chi connectivity index (χ4v) is 3.15. The molecule has 158 valence electrons. The number of anilines is 1. The summed E-state index contributed by atoms with van der Waals surface area (Å²) in [5, 5.41) is 10.5. The van der Waals surface area contributed by atoms with E-state index < -0.39 is 6.36 Å². The summed E-state index contributed by atoms with van der Waals surface area (Å²) in [6, 6.07) is 17.7. The van der Waals surface area contributed by atoms with Crippen molar-refractivity contribution in [3.8, 4) is 22.6 Å². The van der Waals surface area contributed by atoms with Gasteiger partial charge in [0.1, 0.15) is 11.5 Å². The number of halogens is 3. The molecule has 0 aliphatic carbocycles. The molecular weight excluding hydrogens is 411 g/mol. The van der Waals surface area contributed by atoms with Crippen LogP contribution in [-0.2, 0) is 0 Å². The van der Waals surface area contributed by atoms with Crippen molar-refractivity contribution in [2.75, 3.05) is 12.4 Å². The van der Waals surface area contributed by atoms with Gasteiger partial charge < -0.3 is 14.8 Å². The van der Waals surface area contributed by atoms with E-state index in [0.29, 0.717) is 33.6 Å². The van der Waals surface area contributed by atoms with Crippen LogP contribution in [0.15, 0.2) is 66.7 Å². The van der Waals surface area contributed by atoms with E-state index in [4.69, 9.17) is 4.74 Å². The molecule has 0 bridgehead atoms. The number of fused-ring (bicyclic) bond motifs is 1. The van der Waals surface area contributed by atoms with Crippen molar-refractivity contribution < 1.29 is 27.4 Å². The van der Waals surface area contributed by atoms with Crippen molar-refractivity contribution in [2.24, 2.45) is 0 Å². The number of nitrogens with zero attached hydrogens (tertiary/aromatic N) is 1. The monoisotopic (exact) mass is 427 g/mol. The molecule has 0 aliphatic rings. The maximum atomic E-state index is 12.6. The standard InChI is InChI=1S/C22H16F3N3O3/c1-30-19-5-3-2-4-17(19)21(29)26-20-16-11-8-14(12-18(16)27-28-20)13-6-9-15(10-7-13)31-22(23,24)25/h2-12H,1H3,(H2,26,27,28,29). The second-order valence-corrected chi connectivity index (χ2v) is 6.56. The minimum atomic E-state index is -4.74. The minimum Gasteiger partial charge on any atom is -0.496 e. The molecule has 6 nitrogen and oxygen atoms in total. The lowest BCUT2D eigenvalue weighted by Crippen LogP contribution is -2.16. The lowest BCUT2D eigenvalue weighted by atomic mass is 10.0. The molecule has 3 aromatic carbocycles. The van der Waals surface area contributed by atoms with E-state index in [1.54, 1.807) is 42.5 Å². The topological polar surface area (TPSA) is 76.2 Å². The van der Waals surface area contributed by atoms with E-state index in [-0.39, 0.29) is 11.7 Å². The van der Waals surface area contributed by atoms with Gasteiger partial charge in [-0.1, -0.05) is 30.3 Å². The predicted octanol–water partition coefficient (Wildman–Crippen LogP) is 5.39. The molecule has 1 heterocycles. The van der Waals surface area contributed by atoms with E-state index in [0.717, 1.165) is 5.56 Å². The van der Waals surface area contributed by atoms with Crippen molar-refractivity contribution >= 4 is 22.6 Å². The zero-order chi connectivity index (χ0) is 22.0. The summed E-state index contributed by atoms with van der Waals surface area (Å²) in [4.78, 5) is 12.6. The van der Waals surface area contributed by atoms with Crippen molar-refractivity contribution in [1.29, 1.82) is 0 Å². The van der Waals surface area contributed by atoms with Gasteiger partial charge in [0, 0.05) is 5.39 Å². The molecule has 0 spiro atoms. The van der Waals surface area contributed by atoms with Gasteiger partial charge in [-0.15, -0.1) is 13.2 Å². The van der Waals surface area contributed by atoms with Gasteiger partial charge in [0.15, 0.2) is 5.82 Å². The number of amides is 1. The number of H-pyrrole nitrogens is 1. The number of carbonyl (C=O) groups excluding carboxylic acids is 1. The Balaban J connectivity index is 1.56. The van der Waals surface area contributed by atoms with E-state index >= 15 is 0 Å². The highest BCUT2D eigenvalue weighted by atomic mass is 19.4. The number of carbonyl (C=O) groups is 1. The molecule has 0 radical (unpaired) electrons. The van der Waals surface area contributed by atoms with E-state index in [2.05, 4.69) is 20.3 Å². The number of benzene rings is 3. The average molecular weight is 427 g/mol. The second-order valence-electron chi connectivity index (χ2n) is 6.56. The predicted molar refractivity (Wildman–Crippen MR) is 109 cm³/mol. The van der Waals surface area contributed by atoms with E-state index in [1.165, 1.54) is 31.4 Å². The summed E-state index contributed by atoms with van der Waals surface area (Å²) in [5.74, 6) is 0.141. The quantitative estimate of drug-likeness (QED) is 0.448. The number of alkyl halides is 3. The smallest absolute Gasteiger partial charge is 0.496 e. The van der Waals surface area contributed by atoms with Crippen LogP contribution in [-0.4, -0.2) is 29.6 Å². The highest BCUT2D eigenvalue weighted by Crippen LogP contribution is 2.30. The fraction of sp³-hybridized carbons (Fsp3) is 0.0909. The summed E-state index contributed by atoms with van der Waals surface area (Å²) >= 11 is 0. The third-order valence-electron chi connectivity index (χ3n) is 4.57. The Morgan fingerprint density at radius 3 is 2.42 bits per heavy atom. The molecule has 31 heavy (non-hydrogen) atoms. The van der Waals surface area contributed by atoms with Gasteiger partial charge >= 0.3 is 6.36 Å². The molecule has 1 aromatic heterocycles. The summed E-state index contributed by atoms with van der Waals surface area (Å²) in [7, 11) is 1.49. The van der Waals surface area contributed by atoms with Crippen LogP contribution in [0, 0.1) is 0 Å². The van der Waals surface area contributed by atoms with Crippen LogP contribution in [0.2, 0.25) is 0 Å². The third-order valence-corrected chi connectivity index (χ3v) is 4.57. The van der Waals surface area contributed by atoms with E-state index in [1.807, 2.05) is 0 Å². The number of ether oxygens (including phenoxy) is 2. The molecular formula is C22H16F3N3O3. The van der Waals surface area contributed by atoms with Crippen LogP contribution < -0.4 is 14.8 Å². The first kappa shape index (κ1) is 20.3. The molecule has 0 aliphatic heterocycles. The molecule has 0 saturated heterocycles. The van der Waals surface area contributed by atoms with Gasteiger partial charge in [-0.3, -0.25) is 9.89 Å². The highest BCUT2D eigenvalue weighted by molar-refractivity contribution is 6.09. The molecule has 4 aromatic rings. The van der Waals surface area contributed by atoms with Crippen molar-refractivity contribution in [1.82, 2.24) is 10.2 Å². The van der Waals surface area contributed by atoms with Gasteiger partial charge in [-0.2, -0.15) is 5.10 Å². The lowest BCUT2D eigenvalue weighted by molar-refractivity contribution is -0.274. The molecule has 0 fully saturated rings. The molecule has 0 saturated carbocycles. The second kappa shape index (κ2) is 8.02. The Bertz CT molecular complexity index is 1230. The molecule has 9 heteroatoms. The average Bonchev–Trinajstić information content (AvgIpc) is 3.15. The molecule has 4 rings (SSSR count). The zero-order valence-electron chi connectivity index (χ0n) is 16.2. The third kappa shape index (κ3) is 4.45. The number of aromatic amines is 1. The Morgan fingerprint density at radius 1 is 1.00 bits per heavy atom. The number of hydrogen-bond acceptors (Lipinski definition) is 4. The summed E-state index contributed by atoms with van der Waals surface area (Å²) < 4.78 is 46.0. The Labute approximate surface area is 174 Å². The summed E-state index contributed by atoms with van der Waals surface area (Å²) in [6.07, 6.45) is -4.74. The van der Waals surface area contributed by atoms with Crippen LogP contribution in [0.5, 0.6) is 11.5 Å². The zero-order valence-corrected chi connectivity index (χ0v) is 16.2. The summed E-state index contributed by atoms with van der Waals surface area (Å²) in [5.41, 5.74) is 2.49. The largest absolute Gasteiger partial charge is 0.573 e. The van der Waals surface area contributed by atoms with Gasteiger partial charge in [0.25, 0.3) is 5.91 Å². The Morgan fingerprint density at radius 2 is 1.71 bits per heavy atom. The van der Waals surface area contributed by atoms with Crippen LogP contribution in [0.3, 0.4) is 0 Å². The van der Waals surface area contributed by atoms with Crippen LogP contribution >= 0.6 is 0 Å². The number of methoxy groups -OCH3 is 1. The molecule has 2 N–H and O–H groups in total. The van der Waals surface area contributed by atoms with Crippen LogP contribution in [0.1, 0.15) is 10.4 Å². The van der Waals surface area contributed by atoms with Gasteiger partial charge in [-0.25, -0.2) is 0 Å². The SMILES string of the molecule is COc1ccccc1C(=O)Nc1n[nH]c2cc(-c3ccc(OC(F)(F)F)cc3)ccc12. The van der Waals surface area contributed by atoms with Crippen LogP contribution in [0.4, 0.5) is 19.0 Å². The maximum Gasteiger partial charge on any atom is 0.573 e. The molecule has 0 unspecified atom stereocenters. The van der Waals surface area contributed by atoms with Crippen molar-refractivity contribution in [3.63, 3.8) is 0 Å². The van der Waals surface area contributed by atoms with Gasteiger partial charge in [0.2, 0.25) is 0 Å². The first-order valence-electron chi connectivity index (χ1n) is 9.13. The van der Waals surface area contributed by atoms with Gasteiger partial charge in [0.05, 0.1) is 18.2 Å². The van der Waals surface area contributed by atoms with E-state index in [9.17, 15) is 18.0 Å². The Hall–Kier alpha value is -4.01. The normalized spacial score (nSPS) is 11.4. The fourth-order valence-electron chi connectivity index (χ4n) is 3.15. The number of para-hydroxylation sites is 1. The first-order chi connectivity index (χ1) is 14.8. The Kier molecular flexibility index (Phi) is 5.24. The lowest BCUT2D eigenvalue weighted by Gasteiger charge is -2.09. The summed E-state index contributed by atoms with van der Waals surface area (Å²) in [6.45, 7) is 0. The van der Waals surface area contributed by atoms with Crippen molar-refractivity contribution in [3.05, 3.63) is 72.3 Å². The van der Waals surface area contributed by atoms with Crippen LogP contribution in [0.25, 0.3) is 22.0 Å². The maximum absolute atomic E-state index is 12.6. The molecule has 0 atom stereocenters. The van der Waals surface area contributed by atoms with Gasteiger partial charge in [-0.05, 0) is 47.5 Å². The first-order valence-corrected chi connectivity index (χ1v) is 9.13. The van der Waals surface area contributed by atoms with Crippen molar-refractivity contribution in [2.45, 2.75) is 6.36 Å².